The fourth-order valence-corrected chi connectivity index (χ4v) is 1.92. The van der Waals surface area contributed by atoms with Crippen LogP contribution >= 0.6 is 24.0 Å². The van der Waals surface area contributed by atoms with Crippen LogP contribution in [0.15, 0.2) is 36.9 Å². The van der Waals surface area contributed by atoms with E-state index in [4.69, 9.17) is 11.6 Å². The van der Waals surface area contributed by atoms with Crippen molar-refractivity contribution in [2.45, 2.75) is 19.4 Å². The molecule has 20 heavy (non-hydrogen) atoms. The summed E-state index contributed by atoms with van der Waals surface area (Å²) in [6.45, 7) is 1.37. The maximum absolute atomic E-state index is 11.7. The van der Waals surface area contributed by atoms with Gasteiger partial charge in [0.1, 0.15) is 12.7 Å². The number of aromatic nitrogens is 3. The van der Waals surface area contributed by atoms with Crippen LogP contribution in [-0.4, -0.2) is 27.2 Å². The van der Waals surface area contributed by atoms with Gasteiger partial charge in [0.15, 0.2) is 0 Å². The number of nitrogens with one attached hydrogen (secondary N) is 1. The van der Waals surface area contributed by atoms with Crippen molar-refractivity contribution in [1.82, 2.24) is 20.1 Å². The standard InChI is InChI=1S/C13H15ClN4O.ClH/c14-12-4-1-3-11(7-12)8-13(19)16-5-2-6-18-10-15-9-17-18;/h1,3-4,7,9-10H,2,5-6,8H2,(H,16,19);1H. The molecule has 1 aromatic heterocycles. The number of benzene rings is 1. The molecule has 0 aliphatic rings. The zero-order chi connectivity index (χ0) is 13.5. The van der Waals surface area contributed by atoms with Gasteiger partial charge in [0.25, 0.3) is 0 Å². The smallest absolute Gasteiger partial charge is 0.224 e. The van der Waals surface area contributed by atoms with Gasteiger partial charge in [0, 0.05) is 18.1 Å². The normalized spacial score (nSPS) is 9.85. The van der Waals surface area contributed by atoms with Crippen LogP contribution in [0, 0.1) is 0 Å². The van der Waals surface area contributed by atoms with Gasteiger partial charge in [-0.2, -0.15) is 5.10 Å². The first-order valence-electron chi connectivity index (χ1n) is 6.07. The van der Waals surface area contributed by atoms with Crippen LogP contribution < -0.4 is 5.32 Å². The molecule has 0 bridgehead atoms. The summed E-state index contributed by atoms with van der Waals surface area (Å²) in [7, 11) is 0. The van der Waals surface area contributed by atoms with Gasteiger partial charge in [-0.05, 0) is 24.1 Å². The second kappa shape index (κ2) is 8.55. The van der Waals surface area contributed by atoms with Crippen LogP contribution in [0.5, 0.6) is 0 Å². The van der Waals surface area contributed by atoms with E-state index in [9.17, 15) is 4.79 Å². The summed E-state index contributed by atoms with van der Waals surface area (Å²) in [4.78, 5) is 15.5. The van der Waals surface area contributed by atoms with Gasteiger partial charge in [-0.25, -0.2) is 4.98 Å². The van der Waals surface area contributed by atoms with Gasteiger partial charge in [-0.3, -0.25) is 9.48 Å². The van der Waals surface area contributed by atoms with Crippen molar-refractivity contribution >= 4 is 29.9 Å². The molecule has 1 amide bonds. The van der Waals surface area contributed by atoms with Gasteiger partial charge < -0.3 is 5.32 Å². The van der Waals surface area contributed by atoms with Crippen molar-refractivity contribution in [3.05, 3.63) is 47.5 Å². The zero-order valence-electron chi connectivity index (χ0n) is 10.8. The highest BCUT2D eigenvalue weighted by molar-refractivity contribution is 6.30. The van der Waals surface area contributed by atoms with Crippen molar-refractivity contribution in [3.63, 3.8) is 0 Å². The van der Waals surface area contributed by atoms with E-state index in [0.717, 1.165) is 18.5 Å². The van der Waals surface area contributed by atoms with E-state index in [2.05, 4.69) is 15.4 Å². The number of hydrogen-bond donors (Lipinski definition) is 1. The predicted molar refractivity (Wildman–Crippen MR) is 80.1 cm³/mol. The Morgan fingerprint density at radius 2 is 2.25 bits per heavy atom. The maximum atomic E-state index is 11.7. The van der Waals surface area contributed by atoms with Crippen LogP contribution in [0.4, 0.5) is 0 Å². The molecule has 0 spiro atoms. The van der Waals surface area contributed by atoms with Crippen molar-refractivity contribution in [2.24, 2.45) is 0 Å². The fourth-order valence-electron chi connectivity index (χ4n) is 1.71. The summed E-state index contributed by atoms with van der Waals surface area (Å²) in [5, 5.41) is 7.51. The number of rotatable bonds is 6. The van der Waals surface area contributed by atoms with E-state index < -0.39 is 0 Å². The fraction of sp³-hybridized carbons (Fsp3) is 0.308. The van der Waals surface area contributed by atoms with Crippen LogP contribution in [0.25, 0.3) is 0 Å². The zero-order valence-corrected chi connectivity index (χ0v) is 12.4. The van der Waals surface area contributed by atoms with E-state index in [1.807, 2.05) is 12.1 Å². The van der Waals surface area contributed by atoms with Gasteiger partial charge >= 0.3 is 0 Å². The third-order valence-electron chi connectivity index (χ3n) is 2.61. The van der Waals surface area contributed by atoms with Gasteiger partial charge in [-0.1, -0.05) is 23.7 Å². The van der Waals surface area contributed by atoms with E-state index in [1.54, 1.807) is 23.1 Å². The molecule has 1 heterocycles. The number of halogens is 2. The highest BCUT2D eigenvalue weighted by Crippen LogP contribution is 2.10. The minimum absolute atomic E-state index is 0. The molecule has 0 radical (unpaired) electrons. The second-order valence-electron chi connectivity index (χ2n) is 4.17. The number of aryl methyl sites for hydroxylation is 1. The Morgan fingerprint density at radius 1 is 1.40 bits per heavy atom. The molecule has 108 valence electrons. The highest BCUT2D eigenvalue weighted by Gasteiger charge is 2.03. The van der Waals surface area contributed by atoms with Crippen LogP contribution in [-0.2, 0) is 17.8 Å². The summed E-state index contributed by atoms with van der Waals surface area (Å²) in [5.41, 5.74) is 0.918. The summed E-state index contributed by atoms with van der Waals surface area (Å²) >= 11 is 5.86. The quantitative estimate of drug-likeness (QED) is 0.831. The van der Waals surface area contributed by atoms with E-state index in [0.29, 0.717) is 18.0 Å². The Bertz CT molecular complexity index is 531. The number of hydrogen-bond acceptors (Lipinski definition) is 3. The first kappa shape index (κ1) is 16.5. The average Bonchev–Trinajstić information content (AvgIpc) is 2.88. The maximum Gasteiger partial charge on any atom is 0.224 e. The Morgan fingerprint density at radius 3 is 2.95 bits per heavy atom. The third kappa shape index (κ3) is 5.59. The van der Waals surface area contributed by atoms with Crippen molar-refractivity contribution in [2.75, 3.05) is 6.54 Å². The number of amides is 1. The van der Waals surface area contributed by atoms with E-state index in [1.165, 1.54) is 6.33 Å². The minimum atomic E-state index is 0. The molecule has 2 rings (SSSR count). The second-order valence-corrected chi connectivity index (χ2v) is 4.61. The van der Waals surface area contributed by atoms with Crippen molar-refractivity contribution < 1.29 is 4.79 Å². The first-order chi connectivity index (χ1) is 9.24. The average molecular weight is 315 g/mol. The lowest BCUT2D eigenvalue weighted by molar-refractivity contribution is -0.120. The minimum Gasteiger partial charge on any atom is -0.356 e. The van der Waals surface area contributed by atoms with Crippen LogP contribution in [0.2, 0.25) is 5.02 Å². The monoisotopic (exact) mass is 314 g/mol. The molecule has 0 aliphatic carbocycles. The highest BCUT2D eigenvalue weighted by atomic mass is 35.5. The molecule has 5 nitrogen and oxygen atoms in total. The van der Waals surface area contributed by atoms with E-state index in [-0.39, 0.29) is 18.3 Å². The molecule has 0 unspecified atom stereocenters. The van der Waals surface area contributed by atoms with E-state index >= 15 is 0 Å². The molecule has 0 atom stereocenters. The molecule has 0 saturated heterocycles. The molecule has 2 aromatic rings. The number of nitrogens with zero attached hydrogens (tertiary/aromatic N) is 3. The van der Waals surface area contributed by atoms with Crippen LogP contribution in [0.3, 0.4) is 0 Å². The molecule has 0 saturated carbocycles. The van der Waals surface area contributed by atoms with Crippen LogP contribution in [0.1, 0.15) is 12.0 Å². The van der Waals surface area contributed by atoms with Gasteiger partial charge in [0.2, 0.25) is 5.91 Å². The lowest BCUT2D eigenvalue weighted by atomic mass is 10.1. The van der Waals surface area contributed by atoms with Crippen molar-refractivity contribution in [1.29, 1.82) is 0 Å². The molecule has 0 fully saturated rings. The molecular weight excluding hydrogens is 299 g/mol. The Kier molecular flexibility index (Phi) is 7.04. The predicted octanol–water partition coefficient (Wildman–Crippen LogP) is 2.10. The first-order valence-corrected chi connectivity index (χ1v) is 6.45. The Balaban J connectivity index is 0.00000200. The number of carbonyl (C=O) groups excluding carboxylic acids is 1. The summed E-state index contributed by atoms with van der Waals surface area (Å²) in [6.07, 6.45) is 4.33. The molecule has 1 N–H and O–H groups in total. The van der Waals surface area contributed by atoms with Crippen molar-refractivity contribution in [3.8, 4) is 0 Å². The summed E-state index contributed by atoms with van der Waals surface area (Å²) < 4.78 is 1.74. The topological polar surface area (TPSA) is 59.8 Å². The largest absolute Gasteiger partial charge is 0.356 e. The molecule has 0 aliphatic heterocycles. The Hall–Kier alpha value is -1.59. The summed E-state index contributed by atoms with van der Waals surface area (Å²) in [6, 6.07) is 7.33. The Labute approximate surface area is 128 Å². The molecular formula is C13H16Cl2N4O. The number of carbonyl (C=O) groups is 1. The molecule has 1 aromatic carbocycles. The SMILES string of the molecule is Cl.O=C(Cc1cccc(Cl)c1)NCCCn1cncn1. The lowest BCUT2D eigenvalue weighted by Gasteiger charge is -2.05. The summed E-state index contributed by atoms with van der Waals surface area (Å²) in [5.74, 6) is 0.000793. The molecule has 7 heteroatoms. The lowest BCUT2D eigenvalue weighted by Crippen LogP contribution is -2.26. The van der Waals surface area contributed by atoms with Gasteiger partial charge in [0.05, 0.1) is 6.42 Å². The third-order valence-corrected chi connectivity index (χ3v) is 2.84. The van der Waals surface area contributed by atoms with Gasteiger partial charge in [-0.15, -0.1) is 12.4 Å².